The van der Waals surface area contributed by atoms with Gasteiger partial charge in [0.1, 0.15) is 5.94 Å². The first-order valence-electron chi connectivity index (χ1n) is 6.12. The first kappa shape index (κ1) is 12.4. The van der Waals surface area contributed by atoms with Gasteiger partial charge >= 0.3 is 0 Å². The second-order valence-electron chi connectivity index (χ2n) is 4.41. The summed E-state index contributed by atoms with van der Waals surface area (Å²) in [7, 11) is 0. The summed E-state index contributed by atoms with van der Waals surface area (Å²) in [5, 5.41) is 0. The summed E-state index contributed by atoms with van der Waals surface area (Å²) in [6.07, 6.45) is 5.16. The Morgan fingerprint density at radius 1 is 1.33 bits per heavy atom. The van der Waals surface area contributed by atoms with E-state index < -0.39 is 0 Å². The van der Waals surface area contributed by atoms with Crippen LogP contribution in [0.25, 0.3) is 0 Å². The number of fused-ring (bicyclic) bond motifs is 1. The van der Waals surface area contributed by atoms with E-state index in [4.69, 9.17) is 0 Å². The van der Waals surface area contributed by atoms with Gasteiger partial charge in [0.15, 0.2) is 0 Å². The van der Waals surface area contributed by atoms with Crippen LogP contribution in [0.2, 0.25) is 0 Å². The molecule has 0 bridgehead atoms. The van der Waals surface area contributed by atoms with E-state index in [0.717, 1.165) is 18.5 Å². The topological polar surface area (TPSA) is 20.3 Å². The summed E-state index contributed by atoms with van der Waals surface area (Å²) in [6, 6.07) is 8.24. The Morgan fingerprint density at radius 3 is 2.78 bits per heavy atom. The fourth-order valence-electron chi connectivity index (χ4n) is 2.52. The van der Waals surface area contributed by atoms with Crippen molar-refractivity contribution in [2.75, 3.05) is 11.4 Å². The van der Waals surface area contributed by atoms with E-state index in [1.165, 1.54) is 11.3 Å². The zero-order valence-corrected chi connectivity index (χ0v) is 10.4. The molecule has 0 saturated heterocycles. The van der Waals surface area contributed by atoms with Crippen molar-refractivity contribution < 1.29 is 4.79 Å². The first-order valence-corrected chi connectivity index (χ1v) is 6.12. The van der Waals surface area contributed by atoms with Gasteiger partial charge in [-0.25, -0.2) is 4.79 Å². The van der Waals surface area contributed by atoms with Crippen LogP contribution in [0.5, 0.6) is 0 Å². The Morgan fingerprint density at radius 2 is 2.11 bits per heavy atom. The minimum Gasteiger partial charge on any atom is -0.360 e. The van der Waals surface area contributed by atoms with Crippen molar-refractivity contribution in [3.8, 4) is 0 Å². The Hall–Kier alpha value is -2.05. The molecule has 0 spiro atoms. The summed E-state index contributed by atoms with van der Waals surface area (Å²) in [5.41, 5.74) is 3.16. The van der Waals surface area contributed by atoms with Gasteiger partial charge in [0.2, 0.25) is 0 Å². The molecule has 0 aromatic heterocycles. The molecule has 1 atom stereocenters. The van der Waals surface area contributed by atoms with Gasteiger partial charge in [-0.3, -0.25) is 0 Å². The molecule has 0 radical (unpaired) electrons. The summed E-state index contributed by atoms with van der Waals surface area (Å²) < 4.78 is 0. The predicted octanol–water partition coefficient (Wildman–Crippen LogP) is 2.94. The van der Waals surface area contributed by atoms with Gasteiger partial charge in [0.05, 0.1) is 6.04 Å². The molecule has 2 nitrogen and oxygen atoms in total. The standard InChI is InChI=1S/C16H17NO/c1-3-7-15-14(12-18)11-13-8-5-6-9-16(13)17(15)10-4-2/h3-6,8-9,15H,1-2,7,10-11H2. The van der Waals surface area contributed by atoms with E-state index in [2.05, 4.69) is 36.1 Å². The molecule has 0 saturated carbocycles. The van der Waals surface area contributed by atoms with Gasteiger partial charge in [-0.1, -0.05) is 30.4 Å². The van der Waals surface area contributed by atoms with Gasteiger partial charge in [-0.2, -0.15) is 0 Å². The molecule has 0 aliphatic carbocycles. The molecule has 1 aromatic rings. The van der Waals surface area contributed by atoms with Gasteiger partial charge in [-0.15, -0.1) is 13.2 Å². The zero-order valence-electron chi connectivity index (χ0n) is 10.4. The maximum atomic E-state index is 11.2. The molecule has 1 aliphatic rings. The second kappa shape index (κ2) is 5.52. The minimum atomic E-state index is 0.0629. The van der Waals surface area contributed by atoms with Crippen LogP contribution in [0.4, 0.5) is 5.69 Å². The number of rotatable bonds is 4. The van der Waals surface area contributed by atoms with Crippen LogP contribution in [0.15, 0.2) is 55.1 Å². The molecule has 1 unspecified atom stereocenters. The molecule has 1 aliphatic heterocycles. The Balaban J connectivity index is 2.49. The van der Waals surface area contributed by atoms with Crippen molar-refractivity contribution in [2.24, 2.45) is 0 Å². The third-order valence-electron chi connectivity index (χ3n) is 3.31. The fourth-order valence-corrected chi connectivity index (χ4v) is 2.52. The van der Waals surface area contributed by atoms with E-state index in [9.17, 15) is 4.79 Å². The molecule has 0 amide bonds. The molecule has 18 heavy (non-hydrogen) atoms. The van der Waals surface area contributed by atoms with Crippen molar-refractivity contribution in [3.63, 3.8) is 0 Å². The maximum Gasteiger partial charge on any atom is 0.126 e. The van der Waals surface area contributed by atoms with Crippen molar-refractivity contribution in [1.29, 1.82) is 0 Å². The molecule has 1 aromatic carbocycles. The van der Waals surface area contributed by atoms with Crippen molar-refractivity contribution >= 4 is 11.6 Å². The number of hydrogen-bond acceptors (Lipinski definition) is 2. The van der Waals surface area contributed by atoms with Gasteiger partial charge in [-0.05, 0) is 18.1 Å². The average molecular weight is 239 g/mol. The average Bonchev–Trinajstić information content (AvgIpc) is 2.41. The maximum absolute atomic E-state index is 11.2. The van der Waals surface area contributed by atoms with Crippen LogP contribution in [-0.4, -0.2) is 18.5 Å². The van der Waals surface area contributed by atoms with E-state index in [0.29, 0.717) is 6.42 Å². The highest BCUT2D eigenvalue weighted by atomic mass is 16.1. The molecule has 0 N–H and O–H groups in total. The van der Waals surface area contributed by atoms with E-state index in [1.54, 1.807) is 0 Å². The van der Waals surface area contributed by atoms with Crippen LogP contribution >= 0.6 is 0 Å². The first-order chi connectivity index (χ1) is 8.81. The molecular weight excluding hydrogens is 222 g/mol. The second-order valence-corrected chi connectivity index (χ2v) is 4.41. The number of anilines is 1. The molecular formula is C16H17NO. The lowest BCUT2D eigenvalue weighted by Crippen LogP contribution is -2.41. The largest absolute Gasteiger partial charge is 0.360 e. The summed E-state index contributed by atoms with van der Waals surface area (Å²) in [5.74, 6) is 2.11. The zero-order chi connectivity index (χ0) is 13.0. The lowest BCUT2D eigenvalue weighted by Gasteiger charge is -2.38. The minimum absolute atomic E-state index is 0.0629. The van der Waals surface area contributed by atoms with Crippen LogP contribution in [0, 0.1) is 0 Å². The lowest BCUT2D eigenvalue weighted by atomic mass is 9.90. The fraction of sp³-hybridized carbons (Fsp3) is 0.250. The molecule has 2 heteroatoms. The summed E-state index contributed by atoms with van der Waals surface area (Å²) in [4.78, 5) is 13.4. The Bertz CT molecular complexity index is 512. The SMILES string of the molecule is C=CCC1C(=C=O)Cc2ccccc2N1CC=C. The number of benzene rings is 1. The van der Waals surface area contributed by atoms with Crippen LogP contribution in [0.1, 0.15) is 12.0 Å². The molecule has 2 rings (SSSR count). The van der Waals surface area contributed by atoms with Crippen molar-refractivity contribution in [2.45, 2.75) is 18.9 Å². The lowest BCUT2D eigenvalue weighted by molar-refractivity contribution is 0.559. The summed E-state index contributed by atoms with van der Waals surface area (Å²) >= 11 is 0. The Kier molecular flexibility index (Phi) is 3.81. The number of nitrogens with zero attached hydrogens (tertiary/aromatic N) is 1. The van der Waals surface area contributed by atoms with Crippen LogP contribution in [0.3, 0.4) is 0 Å². The number of carbonyl (C=O) groups excluding carboxylic acids is 1. The number of hydrogen-bond donors (Lipinski definition) is 0. The van der Waals surface area contributed by atoms with Gasteiger partial charge in [0, 0.05) is 24.2 Å². The third-order valence-corrected chi connectivity index (χ3v) is 3.31. The predicted molar refractivity (Wildman–Crippen MR) is 75.5 cm³/mol. The Labute approximate surface area is 108 Å². The highest BCUT2D eigenvalue weighted by Gasteiger charge is 2.28. The normalized spacial score (nSPS) is 17.9. The van der Waals surface area contributed by atoms with Crippen LogP contribution in [-0.2, 0) is 11.2 Å². The van der Waals surface area contributed by atoms with Crippen molar-refractivity contribution in [1.82, 2.24) is 0 Å². The van der Waals surface area contributed by atoms with E-state index in [1.807, 2.05) is 24.3 Å². The van der Waals surface area contributed by atoms with Gasteiger partial charge in [0.25, 0.3) is 0 Å². The highest BCUT2D eigenvalue weighted by Crippen LogP contribution is 2.33. The van der Waals surface area contributed by atoms with E-state index >= 15 is 0 Å². The molecule has 92 valence electrons. The monoisotopic (exact) mass is 239 g/mol. The summed E-state index contributed by atoms with van der Waals surface area (Å²) in [6.45, 7) is 8.30. The van der Waals surface area contributed by atoms with E-state index in [-0.39, 0.29) is 6.04 Å². The highest BCUT2D eigenvalue weighted by molar-refractivity contribution is 5.68. The molecule has 0 fully saturated rings. The third kappa shape index (κ3) is 2.15. The van der Waals surface area contributed by atoms with Crippen molar-refractivity contribution in [3.05, 3.63) is 60.7 Å². The van der Waals surface area contributed by atoms with Gasteiger partial charge < -0.3 is 4.90 Å². The molecule has 1 heterocycles. The van der Waals surface area contributed by atoms with Crippen LogP contribution < -0.4 is 4.90 Å². The quantitative estimate of drug-likeness (QED) is 0.594. The number of para-hydroxylation sites is 1. The smallest absolute Gasteiger partial charge is 0.126 e.